The van der Waals surface area contributed by atoms with Gasteiger partial charge in [0.25, 0.3) is 0 Å². The molecule has 0 heterocycles. The maximum atomic E-state index is 13.7. The number of nitrogens with one attached hydrogen (secondary N) is 1. The van der Waals surface area contributed by atoms with E-state index in [9.17, 15) is 18.0 Å². The van der Waals surface area contributed by atoms with Gasteiger partial charge in [-0.1, -0.05) is 0 Å². The van der Waals surface area contributed by atoms with Gasteiger partial charge in [-0.3, -0.25) is 0 Å². The first-order chi connectivity index (χ1) is 9.40. The van der Waals surface area contributed by atoms with Crippen molar-refractivity contribution in [1.29, 1.82) is 0 Å². The lowest BCUT2D eigenvalue weighted by atomic mass is 10.1. The number of carbonyl (C=O) groups is 1. The fraction of sp³-hybridized carbons (Fsp3) is 0. The molecule has 3 nitrogen and oxygen atoms in total. The van der Waals surface area contributed by atoms with Gasteiger partial charge in [-0.2, -0.15) is 0 Å². The van der Waals surface area contributed by atoms with Crippen molar-refractivity contribution in [1.82, 2.24) is 0 Å². The summed E-state index contributed by atoms with van der Waals surface area (Å²) in [4.78, 5) is 11.0. The van der Waals surface area contributed by atoms with Crippen LogP contribution in [0.25, 0.3) is 0 Å². The highest BCUT2D eigenvalue weighted by Gasteiger charge is 2.19. The number of aromatic carboxylic acids is 1. The lowest BCUT2D eigenvalue weighted by Crippen LogP contribution is -2.07. The predicted octanol–water partition coefficient (Wildman–Crippen LogP) is 4.57. The molecule has 0 aliphatic rings. The van der Waals surface area contributed by atoms with E-state index in [0.29, 0.717) is 9.64 Å². The third kappa shape index (κ3) is 3.79. The average molecular weight is 430 g/mol. The lowest BCUT2D eigenvalue weighted by molar-refractivity contribution is 0.0697. The predicted molar refractivity (Wildman–Crippen MR) is 83.0 cm³/mol. The first-order valence-electron chi connectivity index (χ1n) is 5.33. The minimum Gasteiger partial charge on any atom is -0.478 e. The monoisotopic (exact) mass is 429 g/mol. The molecule has 0 saturated heterocycles. The van der Waals surface area contributed by atoms with Crippen molar-refractivity contribution in [2.24, 2.45) is 0 Å². The Kier molecular flexibility index (Phi) is 5.85. The molecule has 2 aromatic carbocycles. The second-order valence-corrected chi connectivity index (χ2v) is 5.08. The maximum absolute atomic E-state index is 13.7. The minimum absolute atomic E-state index is 0. The van der Waals surface area contributed by atoms with Gasteiger partial charge in [-0.25, -0.2) is 18.0 Å². The van der Waals surface area contributed by atoms with Gasteiger partial charge in [0.1, 0.15) is 5.82 Å². The van der Waals surface area contributed by atoms with Crippen LogP contribution in [0.2, 0.25) is 0 Å². The van der Waals surface area contributed by atoms with Gasteiger partial charge >= 0.3 is 5.97 Å². The normalized spacial score (nSPS) is 9.90. The molecular weight excluding hydrogens is 421 g/mol. The molecule has 0 aromatic heterocycles. The van der Waals surface area contributed by atoms with Crippen LogP contribution in [0.15, 0.2) is 30.3 Å². The van der Waals surface area contributed by atoms with Gasteiger partial charge < -0.3 is 10.4 Å². The van der Waals surface area contributed by atoms with Gasteiger partial charge in [0, 0.05) is 3.57 Å². The molecule has 0 unspecified atom stereocenters. The molecule has 0 aliphatic heterocycles. The highest BCUT2D eigenvalue weighted by atomic mass is 127. The van der Waals surface area contributed by atoms with Crippen LogP contribution in [0.5, 0.6) is 0 Å². The van der Waals surface area contributed by atoms with Crippen molar-refractivity contribution in [2.75, 3.05) is 5.32 Å². The number of hydrogen-bond acceptors (Lipinski definition) is 2. The Hall–Kier alpha value is -1.48. The summed E-state index contributed by atoms with van der Waals surface area (Å²) in [5, 5.41) is 11.2. The van der Waals surface area contributed by atoms with Crippen molar-refractivity contribution >= 4 is 52.3 Å². The van der Waals surface area contributed by atoms with E-state index < -0.39 is 34.7 Å². The highest BCUT2D eigenvalue weighted by Crippen LogP contribution is 2.28. The first-order valence-corrected chi connectivity index (χ1v) is 6.41. The topological polar surface area (TPSA) is 49.3 Å². The van der Waals surface area contributed by atoms with Crippen LogP contribution < -0.4 is 5.32 Å². The van der Waals surface area contributed by atoms with E-state index in [2.05, 4.69) is 5.32 Å². The summed E-state index contributed by atoms with van der Waals surface area (Å²) in [5.74, 6) is -4.74. The summed E-state index contributed by atoms with van der Waals surface area (Å²) in [6, 6.07) is 5.65. The van der Waals surface area contributed by atoms with Crippen LogP contribution in [-0.4, -0.2) is 11.1 Å². The number of benzene rings is 2. The second kappa shape index (κ2) is 6.99. The maximum Gasteiger partial charge on any atom is 0.337 e. The summed E-state index contributed by atoms with van der Waals surface area (Å²) < 4.78 is 41.2. The van der Waals surface area contributed by atoms with Crippen LogP contribution in [0.4, 0.5) is 24.5 Å². The molecule has 2 rings (SSSR count). The van der Waals surface area contributed by atoms with E-state index in [4.69, 9.17) is 5.11 Å². The Morgan fingerprint density at radius 2 is 1.76 bits per heavy atom. The molecule has 0 aliphatic carbocycles. The van der Waals surface area contributed by atoms with Crippen LogP contribution in [0.3, 0.4) is 0 Å². The summed E-state index contributed by atoms with van der Waals surface area (Å²) in [6.07, 6.45) is 0. The Morgan fingerprint density at radius 3 is 2.33 bits per heavy atom. The van der Waals surface area contributed by atoms with Crippen molar-refractivity contribution in [2.45, 2.75) is 0 Å². The summed E-state index contributed by atoms with van der Waals surface area (Å²) in [6.45, 7) is 0. The molecule has 2 aromatic rings. The molecule has 2 N–H and O–H groups in total. The Balaban J connectivity index is 0.00000220. The van der Waals surface area contributed by atoms with Crippen LogP contribution in [0.1, 0.15) is 10.4 Å². The van der Waals surface area contributed by atoms with Gasteiger partial charge in [0.05, 0.1) is 16.9 Å². The van der Waals surface area contributed by atoms with Crippen molar-refractivity contribution in [3.8, 4) is 0 Å². The zero-order chi connectivity index (χ0) is 14.9. The summed E-state index contributed by atoms with van der Waals surface area (Å²) in [7, 11) is 0. The molecule has 8 heteroatoms. The van der Waals surface area contributed by atoms with Gasteiger partial charge in [-0.05, 0) is 52.9 Å². The number of rotatable bonds is 3. The van der Waals surface area contributed by atoms with E-state index in [1.54, 1.807) is 6.07 Å². The van der Waals surface area contributed by atoms with E-state index in [-0.39, 0.29) is 18.1 Å². The zero-order valence-electron chi connectivity index (χ0n) is 10.2. The van der Waals surface area contributed by atoms with E-state index in [1.165, 1.54) is 12.1 Å². The Bertz CT molecular complexity index is 697. The van der Waals surface area contributed by atoms with Crippen molar-refractivity contribution < 1.29 is 23.1 Å². The third-order valence-corrected chi connectivity index (χ3v) is 3.19. The van der Waals surface area contributed by atoms with E-state index in [1.807, 2.05) is 22.6 Å². The van der Waals surface area contributed by atoms with Crippen LogP contribution >= 0.6 is 35.0 Å². The fourth-order valence-electron chi connectivity index (χ4n) is 1.58. The SMILES string of the molecule is Cl.O=C(O)c1ccc(F)c(F)c1Nc1ccc(I)cc1F. The number of carboxylic acids is 1. The van der Waals surface area contributed by atoms with Crippen molar-refractivity contribution in [3.05, 3.63) is 56.9 Å². The fourth-order valence-corrected chi connectivity index (χ4v) is 2.03. The number of halogens is 5. The first kappa shape index (κ1) is 17.6. The minimum atomic E-state index is -1.45. The molecule has 0 bridgehead atoms. The van der Waals surface area contributed by atoms with Gasteiger partial charge in [0.2, 0.25) is 0 Å². The van der Waals surface area contributed by atoms with Crippen LogP contribution in [0, 0.1) is 21.0 Å². The van der Waals surface area contributed by atoms with Crippen LogP contribution in [-0.2, 0) is 0 Å². The van der Waals surface area contributed by atoms with Gasteiger partial charge in [0.15, 0.2) is 11.6 Å². The smallest absolute Gasteiger partial charge is 0.337 e. The summed E-state index contributed by atoms with van der Waals surface area (Å²) >= 11 is 1.89. The lowest BCUT2D eigenvalue weighted by Gasteiger charge is -2.12. The van der Waals surface area contributed by atoms with E-state index >= 15 is 0 Å². The standard InChI is InChI=1S/C13H7F3INO2.ClH/c14-8-3-2-7(13(19)20)12(11(8)16)18-10-4-1-6(17)5-9(10)15;/h1-5,18H,(H,19,20);1H. The Labute approximate surface area is 137 Å². The third-order valence-electron chi connectivity index (χ3n) is 2.52. The molecule has 0 amide bonds. The number of hydrogen-bond donors (Lipinski definition) is 2. The molecule has 0 saturated carbocycles. The average Bonchev–Trinajstić information content (AvgIpc) is 2.37. The van der Waals surface area contributed by atoms with E-state index in [0.717, 1.165) is 6.07 Å². The Morgan fingerprint density at radius 1 is 1.10 bits per heavy atom. The molecule has 0 radical (unpaired) electrons. The number of anilines is 2. The quantitative estimate of drug-likeness (QED) is 0.703. The largest absolute Gasteiger partial charge is 0.478 e. The molecule has 0 fully saturated rings. The summed E-state index contributed by atoms with van der Waals surface area (Å²) in [5.41, 5.74) is -1.24. The molecule has 112 valence electrons. The molecule has 0 atom stereocenters. The van der Waals surface area contributed by atoms with Gasteiger partial charge in [-0.15, -0.1) is 12.4 Å². The van der Waals surface area contributed by atoms with Crippen molar-refractivity contribution in [3.63, 3.8) is 0 Å². The highest BCUT2D eigenvalue weighted by molar-refractivity contribution is 14.1. The molecule has 0 spiro atoms. The number of carboxylic acid groups (broad SMARTS) is 1. The second-order valence-electron chi connectivity index (χ2n) is 3.84. The zero-order valence-corrected chi connectivity index (χ0v) is 13.1. The molecule has 21 heavy (non-hydrogen) atoms. The molecular formula is C13H8ClF3INO2.